The summed E-state index contributed by atoms with van der Waals surface area (Å²) in [5.74, 6) is -0.488. The Morgan fingerprint density at radius 2 is 2.16 bits per heavy atom. The second kappa shape index (κ2) is 9.03. The highest BCUT2D eigenvalue weighted by Crippen LogP contribution is 2.29. The maximum Gasteiger partial charge on any atom is 0.185 e. The lowest BCUT2D eigenvalue weighted by molar-refractivity contribution is 0.798. The van der Waals surface area contributed by atoms with Crippen molar-refractivity contribution in [3.05, 3.63) is 60.0 Å². The molecule has 25 heavy (non-hydrogen) atoms. The van der Waals surface area contributed by atoms with Crippen LogP contribution in [0.2, 0.25) is 0 Å². The van der Waals surface area contributed by atoms with Gasteiger partial charge in [-0.15, -0.1) is 17.9 Å². The van der Waals surface area contributed by atoms with E-state index in [2.05, 4.69) is 26.9 Å². The Balaban J connectivity index is 2.40. The fourth-order valence-electron chi connectivity index (χ4n) is 2.07. The smallest absolute Gasteiger partial charge is 0.185 e. The Kier molecular flexibility index (Phi) is 6.77. The first kappa shape index (κ1) is 18.7. The third kappa shape index (κ3) is 5.19. The van der Waals surface area contributed by atoms with E-state index in [9.17, 15) is 4.39 Å². The van der Waals surface area contributed by atoms with Gasteiger partial charge in [-0.1, -0.05) is 12.2 Å². The Morgan fingerprint density at radius 3 is 2.84 bits per heavy atom. The summed E-state index contributed by atoms with van der Waals surface area (Å²) in [7, 11) is 1.85. The van der Waals surface area contributed by atoms with Crippen LogP contribution in [0.4, 0.5) is 4.39 Å². The lowest BCUT2D eigenvalue weighted by atomic mass is 10.2. The topological polar surface area (TPSA) is 50.2 Å². The Labute approximate surface area is 151 Å². The molecule has 1 N–H and O–H groups in total. The highest BCUT2D eigenvalue weighted by molar-refractivity contribution is 7.19. The molecule has 0 aliphatic heterocycles. The molecule has 0 fully saturated rings. The van der Waals surface area contributed by atoms with E-state index >= 15 is 0 Å². The average molecular weight is 356 g/mol. The third-order valence-electron chi connectivity index (χ3n) is 3.30. The number of halogens is 1. The van der Waals surface area contributed by atoms with Crippen LogP contribution < -0.4 is 5.32 Å². The minimum atomic E-state index is -0.488. The zero-order valence-electron chi connectivity index (χ0n) is 14.6. The first-order valence-corrected chi connectivity index (χ1v) is 8.65. The van der Waals surface area contributed by atoms with Gasteiger partial charge in [0.05, 0.1) is 10.4 Å². The molecule has 2 rings (SSSR count). The normalized spacial score (nSPS) is 13.7. The molecule has 2 aromatic rings. The maximum absolute atomic E-state index is 12.9. The van der Waals surface area contributed by atoms with Crippen LogP contribution in [0, 0.1) is 0 Å². The second-order valence-corrected chi connectivity index (χ2v) is 6.34. The number of pyridine rings is 1. The van der Waals surface area contributed by atoms with Crippen molar-refractivity contribution in [3.8, 4) is 0 Å². The number of aromatic nitrogens is 2. The number of aliphatic imine (C=N–C) groups is 1. The molecule has 0 unspecified atom stereocenters. The number of nitrogens with zero attached hydrogens (tertiary/aromatic N) is 3. The summed E-state index contributed by atoms with van der Waals surface area (Å²) in [4.78, 5) is 13.0. The number of rotatable bonds is 7. The van der Waals surface area contributed by atoms with Gasteiger partial charge in [0.2, 0.25) is 0 Å². The van der Waals surface area contributed by atoms with Gasteiger partial charge >= 0.3 is 0 Å². The monoisotopic (exact) mass is 356 g/mol. The summed E-state index contributed by atoms with van der Waals surface area (Å²) in [6, 6.07) is 3.98. The van der Waals surface area contributed by atoms with Crippen molar-refractivity contribution >= 4 is 38.8 Å². The fraction of sp³-hybridized carbons (Fsp3) is 0.211. The van der Waals surface area contributed by atoms with Gasteiger partial charge in [0.1, 0.15) is 5.01 Å². The standard InChI is InChI=1S/C19H21FN4S/c1-5-7-15(12-22-14(3)20)19-24-18-17(25-19)10-9-16(23-18)13(2)8-6-11-21-4/h5-6,8-12,21H,1,7H2,2-4H3/b11-6-,13-8+,15-12+,22-14?. The van der Waals surface area contributed by atoms with Crippen molar-refractivity contribution < 1.29 is 4.39 Å². The van der Waals surface area contributed by atoms with E-state index in [4.69, 9.17) is 0 Å². The van der Waals surface area contributed by atoms with E-state index in [0.29, 0.717) is 12.1 Å². The molecule has 0 atom stereocenters. The number of hydrogen-bond acceptors (Lipinski definition) is 5. The average Bonchev–Trinajstić information content (AvgIpc) is 3.01. The zero-order chi connectivity index (χ0) is 18.2. The third-order valence-corrected chi connectivity index (χ3v) is 4.39. The van der Waals surface area contributed by atoms with Gasteiger partial charge < -0.3 is 5.32 Å². The van der Waals surface area contributed by atoms with Crippen molar-refractivity contribution in [2.75, 3.05) is 7.05 Å². The Hall–Kier alpha value is -2.60. The summed E-state index contributed by atoms with van der Waals surface area (Å²) in [5, 5.41) is 3.72. The number of fused-ring (bicyclic) bond motifs is 1. The van der Waals surface area contributed by atoms with Gasteiger partial charge in [0, 0.05) is 25.7 Å². The Morgan fingerprint density at radius 1 is 1.36 bits per heavy atom. The summed E-state index contributed by atoms with van der Waals surface area (Å²) in [6.07, 6.45) is 9.58. The molecular weight excluding hydrogens is 335 g/mol. The van der Waals surface area contributed by atoms with Crippen molar-refractivity contribution in [3.63, 3.8) is 0 Å². The van der Waals surface area contributed by atoms with Crippen LogP contribution in [0.25, 0.3) is 21.5 Å². The lowest BCUT2D eigenvalue weighted by Crippen LogP contribution is -1.90. The van der Waals surface area contributed by atoms with Crippen molar-refractivity contribution in [1.29, 1.82) is 0 Å². The van der Waals surface area contributed by atoms with Gasteiger partial charge in [0.15, 0.2) is 11.6 Å². The van der Waals surface area contributed by atoms with Crippen LogP contribution in [0.5, 0.6) is 0 Å². The summed E-state index contributed by atoms with van der Waals surface area (Å²) >= 11 is 1.51. The van der Waals surface area contributed by atoms with E-state index in [0.717, 1.165) is 26.5 Å². The van der Waals surface area contributed by atoms with Crippen LogP contribution in [0.1, 0.15) is 31.0 Å². The Bertz CT molecular complexity index is 871. The number of hydrogen-bond donors (Lipinski definition) is 1. The number of allylic oxidation sites excluding steroid dienone is 5. The molecule has 0 radical (unpaired) electrons. The lowest BCUT2D eigenvalue weighted by Gasteiger charge is -1.98. The molecule has 2 aromatic heterocycles. The molecule has 0 aliphatic rings. The van der Waals surface area contributed by atoms with Crippen molar-refractivity contribution in [1.82, 2.24) is 15.3 Å². The van der Waals surface area contributed by atoms with Crippen LogP contribution in [0.15, 0.2) is 54.3 Å². The predicted molar refractivity (Wildman–Crippen MR) is 106 cm³/mol. The summed E-state index contributed by atoms with van der Waals surface area (Å²) in [5.41, 5.74) is 3.42. The molecule has 0 aromatic carbocycles. The van der Waals surface area contributed by atoms with Crippen LogP contribution >= 0.6 is 11.3 Å². The molecule has 0 saturated carbocycles. The molecule has 130 valence electrons. The van der Waals surface area contributed by atoms with E-state index in [1.54, 1.807) is 6.08 Å². The largest absolute Gasteiger partial charge is 0.394 e. The molecule has 2 heterocycles. The van der Waals surface area contributed by atoms with Gasteiger partial charge in [0.25, 0.3) is 0 Å². The SMILES string of the molecule is C=CC/C(=C\N=C(C)F)c1nc2nc(/C(C)=C/C=C\NC)ccc2s1. The molecule has 0 bridgehead atoms. The van der Waals surface area contributed by atoms with E-state index in [1.807, 2.05) is 44.5 Å². The van der Waals surface area contributed by atoms with E-state index in [-0.39, 0.29) is 0 Å². The highest BCUT2D eigenvalue weighted by Gasteiger charge is 2.10. The van der Waals surface area contributed by atoms with E-state index < -0.39 is 5.97 Å². The van der Waals surface area contributed by atoms with Crippen molar-refractivity contribution in [2.24, 2.45) is 4.99 Å². The molecule has 6 heteroatoms. The maximum atomic E-state index is 12.9. The number of nitrogens with one attached hydrogen (secondary N) is 1. The van der Waals surface area contributed by atoms with Crippen LogP contribution in [-0.2, 0) is 0 Å². The summed E-state index contributed by atoms with van der Waals surface area (Å²) < 4.78 is 13.9. The molecule has 4 nitrogen and oxygen atoms in total. The van der Waals surface area contributed by atoms with Gasteiger partial charge in [-0.05, 0) is 43.3 Å². The van der Waals surface area contributed by atoms with E-state index in [1.165, 1.54) is 24.5 Å². The second-order valence-electron chi connectivity index (χ2n) is 5.31. The zero-order valence-corrected chi connectivity index (χ0v) is 15.4. The number of thiazole rings is 1. The summed E-state index contributed by atoms with van der Waals surface area (Å²) in [6.45, 7) is 7.05. The van der Waals surface area contributed by atoms with Crippen molar-refractivity contribution in [2.45, 2.75) is 20.3 Å². The minimum Gasteiger partial charge on any atom is -0.394 e. The molecule has 0 saturated heterocycles. The van der Waals surface area contributed by atoms with Gasteiger partial charge in [-0.25, -0.2) is 15.0 Å². The fourth-order valence-corrected chi connectivity index (χ4v) is 2.99. The molecule has 0 spiro atoms. The van der Waals surface area contributed by atoms with Gasteiger partial charge in [-0.2, -0.15) is 4.39 Å². The predicted octanol–water partition coefficient (Wildman–Crippen LogP) is 5.13. The minimum absolute atomic E-state index is 0.488. The van der Waals surface area contributed by atoms with Crippen LogP contribution in [-0.4, -0.2) is 23.0 Å². The first-order chi connectivity index (χ1) is 12.0. The highest BCUT2D eigenvalue weighted by atomic mass is 32.1. The molecular formula is C19H21FN4S. The molecule has 0 amide bonds. The quantitative estimate of drug-likeness (QED) is 0.425. The van der Waals surface area contributed by atoms with Gasteiger partial charge in [-0.3, -0.25) is 0 Å². The molecule has 0 aliphatic carbocycles. The first-order valence-electron chi connectivity index (χ1n) is 7.84. The van der Waals surface area contributed by atoms with Crippen LogP contribution in [0.3, 0.4) is 0 Å².